The van der Waals surface area contributed by atoms with Gasteiger partial charge in [-0.2, -0.15) is 0 Å². The normalized spacial score (nSPS) is 10.6. The van der Waals surface area contributed by atoms with Gasteiger partial charge in [-0.05, 0) is 9.89 Å². The van der Waals surface area contributed by atoms with Crippen molar-refractivity contribution in [3.05, 3.63) is 34.3 Å². The Labute approximate surface area is 94.5 Å². The summed E-state index contributed by atoms with van der Waals surface area (Å²) in [6, 6.07) is 6.75. The summed E-state index contributed by atoms with van der Waals surface area (Å²) >= 11 is -0.126. The van der Waals surface area contributed by atoms with Crippen molar-refractivity contribution in [1.82, 2.24) is 0 Å². The van der Waals surface area contributed by atoms with Crippen molar-refractivity contribution < 1.29 is 31.8 Å². The maximum Gasteiger partial charge on any atom is 0.436 e. The fourth-order valence-corrected chi connectivity index (χ4v) is 1.76. The van der Waals surface area contributed by atoms with Crippen LogP contribution < -0.4 is 8.40 Å². The van der Waals surface area contributed by atoms with Gasteiger partial charge < -0.3 is 8.40 Å². The Kier molecular flexibility index (Phi) is 4.70. The SMILES string of the molecule is O=C(CO[Br+2]([O-])[O-])c1ccccc1Br. The van der Waals surface area contributed by atoms with Gasteiger partial charge in [-0.25, -0.2) is 0 Å². The van der Waals surface area contributed by atoms with Crippen LogP contribution >= 0.6 is 15.9 Å². The van der Waals surface area contributed by atoms with E-state index in [1.165, 1.54) is 0 Å². The van der Waals surface area contributed by atoms with Crippen molar-refractivity contribution in [1.29, 1.82) is 0 Å². The monoisotopic (exact) mass is 324 g/mol. The molecule has 1 rings (SSSR count). The lowest BCUT2D eigenvalue weighted by atomic mass is 10.1. The van der Waals surface area contributed by atoms with Crippen molar-refractivity contribution >= 4 is 21.7 Å². The molecule has 14 heavy (non-hydrogen) atoms. The second kappa shape index (κ2) is 5.57. The molecule has 76 valence electrons. The zero-order valence-corrected chi connectivity index (χ0v) is 10.1. The molecule has 0 aliphatic rings. The summed E-state index contributed by atoms with van der Waals surface area (Å²) in [5.74, 6) is -0.368. The van der Waals surface area contributed by atoms with E-state index in [1.807, 2.05) is 0 Å². The van der Waals surface area contributed by atoms with Crippen LogP contribution in [0, 0.1) is 14.8 Å². The number of halogens is 2. The van der Waals surface area contributed by atoms with Crippen LogP contribution in [0.15, 0.2) is 28.7 Å². The molecule has 0 unspecified atom stereocenters. The molecule has 4 nitrogen and oxygen atoms in total. The highest BCUT2D eigenvalue weighted by Crippen LogP contribution is 2.16. The summed E-state index contributed by atoms with van der Waals surface area (Å²) in [4.78, 5) is 11.4. The van der Waals surface area contributed by atoms with Crippen molar-refractivity contribution in [3.63, 3.8) is 0 Å². The second-order valence-electron chi connectivity index (χ2n) is 2.35. The average molecular weight is 326 g/mol. The van der Waals surface area contributed by atoms with Crippen LogP contribution in [0.4, 0.5) is 0 Å². The Balaban J connectivity index is 2.65. The van der Waals surface area contributed by atoms with Crippen LogP contribution in [0.5, 0.6) is 0 Å². The number of benzene rings is 1. The van der Waals surface area contributed by atoms with Crippen LogP contribution in [0.25, 0.3) is 0 Å². The molecule has 0 aromatic heterocycles. The molecule has 0 fully saturated rings. The van der Waals surface area contributed by atoms with Gasteiger partial charge in [-0.15, -0.1) is 0 Å². The van der Waals surface area contributed by atoms with Gasteiger partial charge in [0.2, 0.25) is 6.61 Å². The van der Waals surface area contributed by atoms with Gasteiger partial charge in [0.15, 0.2) is 5.78 Å². The minimum absolute atomic E-state index is 0.368. The van der Waals surface area contributed by atoms with E-state index in [9.17, 15) is 13.2 Å². The molecular weight excluding hydrogens is 320 g/mol. The lowest BCUT2D eigenvalue weighted by Crippen LogP contribution is -2.35. The minimum atomic E-state index is -3.31. The second-order valence-corrected chi connectivity index (χ2v) is 4.45. The third kappa shape index (κ3) is 3.47. The molecule has 0 spiro atoms. The third-order valence-electron chi connectivity index (χ3n) is 1.45. The first kappa shape index (κ1) is 11.8. The number of ketones is 1. The fourth-order valence-electron chi connectivity index (χ4n) is 0.859. The molecule has 0 atom stereocenters. The molecule has 6 heteroatoms. The highest BCUT2D eigenvalue weighted by atomic mass is 80.0. The molecule has 0 saturated heterocycles. The number of hydrogen-bond acceptors (Lipinski definition) is 4. The molecule has 1 aromatic carbocycles. The minimum Gasteiger partial charge on any atom is -0.372 e. The molecule has 0 bridgehead atoms. The van der Waals surface area contributed by atoms with Crippen molar-refractivity contribution in [3.8, 4) is 0 Å². The molecule has 0 radical (unpaired) electrons. The molecule has 0 N–H and O–H groups in total. The van der Waals surface area contributed by atoms with E-state index in [0.717, 1.165) is 0 Å². The summed E-state index contributed by atoms with van der Waals surface area (Å²) in [5.41, 5.74) is 0.413. The number of hydrogen-bond donors (Lipinski definition) is 0. The van der Waals surface area contributed by atoms with Crippen LogP contribution in [-0.4, -0.2) is 12.4 Å². The molecule has 0 heterocycles. The van der Waals surface area contributed by atoms with Crippen molar-refractivity contribution in [2.75, 3.05) is 6.61 Å². The molecule has 0 aliphatic carbocycles. The lowest BCUT2D eigenvalue weighted by Gasteiger charge is -1.99. The van der Waals surface area contributed by atoms with Gasteiger partial charge in [0.05, 0.1) is 0 Å². The van der Waals surface area contributed by atoms with Gasteiger partial charge >= 0.3 is 14.8 Å². The van der Waals surface area contributed by atoms with E-state index in [-0.39, 0.29) is 5.78 Å². The Bertz CT molecular complexity index is 327. The van der Waals surface area contributed by atoms with Crippen molar-refractivity contribution in [2.45, 2.75) is 0 Å². The van der Waals surface area contributed by atoms with E-state index in [4.69, 9.17) is 0 Å². The van der Waals surface area contributed by atoms with Gasteiger partial charge in [-0.3, -0.25) is 4.79 Å². The smallest absolute Gasteiger partial charge is 0.372 e. The van der Waals surface area contributed by atoms with Gasteiger partial charge in [0.1, 0.15) is 0 Å². The Morgan fingerprint density at radius 2 is 2.07 bits per heavy atom. The topological polar surface area (TPSA) is 72.4 Å². The first-order chi connectivity index (χ1) is 6.61. The van der Waals surface area contributed by atoms with E-state index in [0.29, 0.717) is 10.0 Å². The quantitative estimate of drug-likeness (QED) is 0.715. The number of Topliss-reactive ketones (excluding diaryl/α,β-unsaturated/α-hetero) is 1. The predicted molar refractivity (Wildman–Crippen MR) is 44.4 cm³/mol. The molecule has 0 amide bonds. The predicted octanol–water partition coefficient (Wildman–Crippen LogP) is -0.265. The first-order valence-corrected chi connectivity index (χ1v) is 6.31. The first-order valence-electron chi connectivity index (χ1n) is 3.58. The average Bonchev–Trinajstić information content (AvgIpc) is 2.15. The zero-order valence-electron chi connectivity index (χ0n) is 6.91. The van der Waals surface area contributed by atoms with Crippen LogP contribution in [-0.2, 0) is 3.83 Å². The van der Waals surface area contributed by atoms with E-state index >= 15 is 0 Å². The highest BCUT2D eigenvalue weighted by molar-refractivity contribution is 9.10. The highest BCUT2D eigenvalue weighted by Gasteiger charge is 2.17. The number of carbonyl (C=O) groups is 1. The Morgan fingerprint density at radius 3 is 2.64 bits per heavy atom. The van der Waals surface area contributed by atoms with Gasteiger partial charge in [-0.1, -0.05) is 34.1 Å². The molecular formula is C8H6Br2O4. The summed E-state index contributed by atoms with van der Waals surface area (Å²) < 4.78 is 25.1. The van der Waals surface area contributed by atoms with E-state index in [1.54, 1.807) is 24.3 Å². The van der Waals surface area contributed by atoms with E-state index in [2.05, 4.69) is 19.8 Å². The van der Waals surface area contributed by atoms with E-state index < -0.39 is 21.4 Å². The number of carbonyl (C=O) groups excluding carboxylic acids is 1. The Morgan fingerprint density at radius 1 is 1.43 bits per heavy atom. The summed E-state index contributed by atoms with van der Waals surface area (Å²) in [5, 5.41) is 0. The molecule has 0 saturated carbocycles. The van der Waals surface area contributed by atoms with Gasteiger partial charge in [0.25, 0.3) is 0 Å². The maximum absolute atomic E-state index is 11.4. The summed E-state index contributed by atoms with van der Waals surface area (Å²) in [7, 11) is 0. The molecule has 1 aromatic rings. The lowest BCUT2D eigenvalue weighted by molar-refractivity contribution is -1.63. The van der Waals surface area contributed by atoms with Crippen LogP contribution in [0.2, 0.25) is 0 Å². The van der Waals surface area contributed by atoms with Crippen LogP contribution in [0.1, 0.15) is 10.4 Å². The summed E-state index contributed by atoms with van der Waals surface area (Å²) in [6.45, 7) is -0.440. The number of rotatable bonds is 4. The molecule has 0 aliphatic heterocycles. The standard InChI is InChI=1S/C8H6Br2O4/c9-7-4-2-1-3-6(7)8(11)5-14-10(12)13/h1-4H,5H2. The van der Waals surface area contributed by atoms with Crippen LogP contribution in [0.3, 0.4) is 0 Å². The summed E-state index contributed by atoms with van der Waals surface area (Å²) in [6.07, 6.45) is 0. The third-order valence-corrected chi connectivity index (χ3v) is 2.74. The fraction of sp³-hybridized carbons (Fsp3) is 0.125. The van der Waals surface area contributed by atoms with Crippen molar-refractivity contribution in [2.24, 2.45) is 0 Å². The van der Waals surface area contributed by atoms with Gasteiger partial charge in [0, 0.05) is 10.0 Å². The Hall–Kier alpha value is -0.270. The largest absolute Gasteiger partial charge is 0.436 e. The maximum atomic E-state index is 11.4. The zero-order chi connectivity index (χ0) is 10.6.